The van der Waals surface area contributed by atoms with Crippen molar-refractivity contribution in [3.8, 4) is 0 Å². The van der Waals surface area contributed by atoms with E-state index < -0.39 is 5.91 Å². The van der Waals surface area contributed by atoms with Gasteiger partial charge in [-0.25, -0.2) is 0 Å². The fourth-order valence-corrected chi connectivity index (χ4v) is 0.701. The number of amides is 1. The summed E-state index contributed by atoms with van der Waals surface area (Å²) in [4.78, 5) is 10.0. The zero-order valence-electron chi connectivity index (χ0n) is 3.55. The van der Waals surface area contributed by atoms with E-state index in [1.807, 2.05) is 0 Å². The third kappa shape index (κ3) is 2.74. The van der Waals surface area contributed by atoms with E-state index in [-0.39, 0.29) is 13.8 Å². The van der Waals surface area contributed by atoms with Crippen molar-refractivity contribution in [3.05, 3.63) is 11.1 Å². The normalized spacial score (nSPS) is 8.14. The molecular weight excluding hydrogens is 177 g/mol. The van der Waals surface area contributed by atoms with Gasteiger partial charge < -0.3 is 0 Å². The van der Waals surface area contributed by atoms with Crippen molar-refractivity contribution in [1.29, 1.82) is 0 Å². The second kappa shape index (κ2) is 3.13. The molecule has 4 heteroatoms. The van der Waals surface area contributed by atoms with E-state index in [1.54, 1.807) is 0 Å². The van der Waals surface area contributed by atoms with Crippen LogP contribution >= 0.6 is 11.0 Å². The first-order valence-corrected chi connectivity index (χ1v) is 5.00. The van der Waals surface area contributed by atoms with Crippen molar-refractivity contribution in [1.82, 2.24) is 0 Å². The van der Waals surface area contributed by atoms with Crippen LogP contribution in [0, 0.1) is 0 Å². The Labute approximate surface area is 52.8 Å². The minimum atomic E-state index is -0.449. The monoisotopic (exact) mass is 183 g/mol. The Kier molecular flexibility index (Phi) is 3.17. The van der Waals surface area contributed by atoms with Gasteiger partial charge in [-0.2, -0.15) is 0 Å². The van der Waals surface area contributed by atoms with E-state index in [4.69, 9.17) is 5.73 Å². The van der Waals surface area contributed by atoms with Gasteiger partial charge in [-0.1, -0.05) is 0 Å². The molecule has 0 bridgehead atoms. The van der Waals surface area contributed by atoms with Gasteiger partial charge in [0.2, 0.25) is 0 Å². The Bertz CT molecular complexity index is 103. The fourth-order valence-electron chi connectivity index (χ4n) is 0.0450. The zero-order valence-corrected chi connectivity index (χ0v) is 6.16. The Balaban J connectivity index is 3.58. The van der Waals surface area contributed by atoms with E-state index in [9.17, 15) is 4.79 Å². The molecule has 0 atom stereocenters. The van der Waals surface area contributed by atoms with Gasteiger partial charge in [0.1, 0.15) is 0 Å². The number of primary amides is 1. The van der Waals surface area contributed by atoms with E-state index >= 15 is 0 Å². The third-order valence-corrected chi connectivity index (χ3v) is 2.41. The molecule has 0 rings (SSSR count). The third-order valence-electron chi connectivity index (χ3n) is 0.385. The van der Waals surface area contributed by atoms with Gasteiger partial charge in [-0.15, -0.1) is 0 Å². The molecule has 0 heterocycles. The molecule has 0 aromatic rings. The summed E-state index contributed by atoms with van der Waals surface area (Å²) in [6.45, 7) is 3.35. The number of thiol groups is 1. The molecule has 0 saturated heterocycles. The van der Waals surface area contributed by atoms with Gasteiger partial charge in [-0.3, -0.25) is 0 Å². The average molecular weight is 182 g/mol. The zero-order chi connectivity index (χ0) is 5.86. The van der Waals surface area contributed by atoms with Crippen LogP contribution in [0.5, 0.6) is 0 Å². The Morgan fingerprint density at radius 2 is 2.29 bits per heavy atom. The molecular formula is C3H5NOSSe. The number of nitrogens with two attached hydrogens (primary N) is 1. The standard InChI is InChI=1S/C3H5NOSSe/c1-2(7-6)3(4)5/h6H,1H2,(H2,4,5). The summed E-state index contributed by atoms with van der Waals surface area (Å²) in [5, 5.41) is 0. The molecule has 0 aliphatic rings. The summed E-state index contributed by atoms with van der Waals surface area (Å²) in [6.07, 6.45) is 0. The summed E-state index contributed by atoms with van der Waals surface area (Å²) in [5.74, 6) is -0.449. The predicted octanol–water partition coefficient (Wildman–Crippen LogP) is -0.466. The van der Waals surface area contributed by atoms with Crippen LogP contribution < -0.4 is 5.73 Å². The molecule has 0 fully saturated rings. The molecule has 0 spiro atoms. The minimum absolute atomic E-state index is 0.119. The molecule has 0 unspecified atom stereocenters. The molecule has 1 amide bonds. The van der Waals surface area contributed by atoms with Crippen LogP contribution in [0.3, 0.4) is 0 Å². The van der Waals surface area contributed by atoms with Crippen LogP contribution in [0.2, 0.25) is 0 Å². The second-order valence-electron chi connectivity index (χ2n) is 0.879. The molecule has 0 aliphatic heterocycles. The van der Waals surface area contributed by atoms with Crippen LogP contribution in [0.15, 0.2) is 11.1 Å². The summed E-state index contributed by atoms with van der Waals surface area (Å²) < 4.78 is 0.413. The number of carbonyl (C=O) groups is 1. The molecule has 2 nitrogen and oxygen atoms in total. The number of hydrogen-bond acceptors (Lipinski definition) is 2. The van der Waals surface area contributed by atoms with Crippen molar-refractivity contribution in [2.24, 2.45) is 5.73 Å². The molecule has 7 heavy (non-hydrogen) atoms. The topological polar surface area (TPSA) is 43.1 Å². The van der Waals surface area contributed by atoms with Gasteiger partial charge in [-0.05, 0) is 0 Å². The first kappa shape index (κ1) is 7.08. The molecule has 0 radical (unpaired) electrons. The van der Waals surface area contributed by atoms with Crippen molar-refractivity contribution in [2.45, 2.75) is 0 Å². The van der Waals surface area contributed by atoms with E-state index in [0.29, 0.717) is 4.47 Å². The second-order valence-corrected chi connectivity index (χ2v) is 3.24. The van der Waals surface area contributed by atoms with Crippen LogP contribution in [0.4, 0.5) is 0 Å². The first-order valence-electron chi connectivity index (χ1n) is 1.48. The Morgan fingerprint density at radius 3 is 2.29 bits per heavy atom. The first-order chi connectivity index (χ1) is 3.18. The maximum atomic E-state index is 10.0. The van der Waals surface area contributed by atoms with Gasteiger partial charge >= 0.3 is 52.4 Å². The number of carbonyl (C=O) groups excluding carboxylic acids is 1. The van der Waals surface area contributed by atoms with Crippen LogP contribution in [-0.4, -0.2) is 19.7 Å². The average Bonchev–Trinajstić information content (AvgIpc) is 1.65. The summed E-state index contributed by atoms with van der Waals surface area (Å²) >= 11 is 3.70. The predicted molar refractivity (Wildman–Crippen MR) is 33.1 cm³/mol. The summed E-state index contributed by atoms with van der Waals surface area (Å²) in [6, 6.07) is 0. The SMILES string of the molecule is C=C([Se]S)C(N)=O. The Morgan fingerprint density at radius 1 is 1.86 bits per heavy atom. The van der Waals surface area contributed by atoms with E-state index in [2.05, 4.69) is 17.6 Å². The molecule has 0 aromatic heterocycles. The Hall–Kier alpha value is 0.0795. The molecule has 2 N–H and O–H groups in total. The molecule has 0 saturated carbocycles. The van der Waals surface area contributed by atoms with Gasteiger partial charge in [0, 0.05) is 0 Å². The van der Waals surface area contributed by atoms with Crippen LogP contribution in [0.1, 0.15) is 0 Å². The summed E-state index contributed by atoms with van der Waals surface area (Å²) in [5.41, 5.74) is 4.77. The fraction of sp³-hybridized carbons (Fsp3) is 0. The number of rotatable bonds is 2. The molecule has 0 aromatic carbocycles. The van der Waals surface area contributed by atoms with Crippen LogP contribution in [-0.2, 0) is 4.79 Å². The van der Waals surface area contributed by atoms with Gasteiger partial charge in [0.25, 0.3) is 0 Å². The van der Waals surface area contributed by atoms with Gasteiger partial charge in [0.05, 0.1) is 0 Å². The van der Waals surface area contributed by atoms with Crippen molar-refractivity contribution in [2.75, 3.05) is 0 Å². The van der Waals surface area contributed by atoms with E-state index in [1.165, 1.54) is 0 Å². The van der Waals surface area contributed by atoms with Crippen molar-refractivity contribution < 1.29 is 4.79 Å². The maximum absolute atomic E-state index is 10.0. The quantitative estimate of drug-likeness (QED) is 0.338. The molecule has 40 valence electrons. The van der Waals surface area contributed by atoms with Gasteiger partial charge in [0.15, 0.2) is 0 Å². The van der Waals surface area contributed by atoms with Crippen LogP contribution in [0.25, 0.3) is 0 Å². The van der Waals surface area contributed by atoms with E-state index in [0.717, 1.165) is 0 Å². The molecule has 0 aliphatic carbocycles. The number of hydrogen-bond donors (Lipinski definition) is 2. The van der Waals surface area contributed by atoms with Crippen molar-refractivity contribution in [3.63, 3.8) is 0 Å². The summed E-state index contributed by atoms with van der Waals surface area (Å²) in [7, 11) is 0. The van der Waals surface area contributed by atoms with Crippen molar-refractivity contribution >= 4 is 30.8 Å².